The molecule has 1 heterocycles. The van der Waals surface area contributed by atoms with Gasteiger partial charge in [-0.15, -0.1) is 0 Å². The molecule has 0 bridgehead atoms. The lowest BCUT2D eigenvalue weighted by molar-refractivity contribution is 0.0955. The molecule has 0 atom stereocenters. The molecule has 2 aromatic carbocycles. The Morgan fingerprint density at radius 1 is 1.04 bits per heavy atom. The highest BCUT2D eigenvalue weighted by atomic mass is 16.2. The Morgan fingerprint density at radius 3 is 2.26 bits per heavy atom. The van der Waals surface area contributed by atoms with Gasteiger partial charge in [0.2, 0.25) is 0 Å². The lowest BCUT2D eigenvalue weighted by atomic mass is 10.2. The molecule has 3 rings (SSSR count). The van der Waals surface area contributed by atoms with E-state index in [4.69, 9.17) is 0 Å². The zero-order valence-corrected chi connectivity index (χ0v) is 16.2. The minimum atomic E-state index is -0.195. The van der Waals surface area contributed by atoms with E-state index >= 15 is 0 Å². The highest BCUT2D eigenvalue weighted by molar-refractivity contribution is 5.95. The number of carbonyl (C=O) groups is 1. The number of amides is 1. The summed E-state index contributed by atoms with van der Waals surface area (Å²) in [6.45, 7) is 8.46. The van der Waals surface area contributed by atoms with Crippen LogP contribution in [-0.4, -0.2) is 38.3 Å². The van der Waals surface area contributed by atoms with Crippen molar-refractivity contribution >= 4 is 23.5 Å². The van der Waals surface area contributed by atoms with Crippen LogP contribution >= 0.6 is 0 Å². The second-order valence-corrected chi connectivity index (χ2v) is 6.70. The largest absolute Gasteiger partial charge is 0.372 e. The van der Waals surface area contributed by atoms with Crippen LogP contribution in [0.3, 0.4) is 0 Å². The lowest BCUT2D eigenvalue weighted by Gasteiger charge is -2.20. The normalized spacial score (nSPS) is 13.9. The highest BCUT2D eigenvalue weighted by Crippen LogP contribution is 2.20. The third-order valence-electron chi connectivity index (χ3n) is 5.00. The Kier molecular flexibility index (Phi) is 6.47. The summed E-state index contributed by atoms with van der Waals surface area (Å²) in [6.07, 6.45) is 4.15. The molecule has 27 heavy (non-hydrogen) atoms. The van der Waals surface area contributed by atoms with E-state index in [9.17, 15) is 4.79 Å². The number of nitrogens with one attached hydrogen (secondary N) is 1. The molecule has 0 saturated carbocycles. The third kappa shape index (κ3) is 4.88. The van der Waals surface area contributed by atoms with Crippen LogP contribution in [0.1, 0.15) is 42.6 Å². The van der Waals surface area contributed by atoms with E-state index in [0.717, 1.165) is 31.7 Å². The van der Waals surface area contributed by atoms with Gasteiger partial charge in [0.1, 0.15) is 0 Å². The van der Waals surface area contributed by atoms with Crippen LogP contribution in [0, 0.1) is 0 Å². The molecular weight excluding hydrogens is 336 g/mol. The second kappa shape index (κ2) is 9.21. The molecule has 1 aliphatic heterocycles. The van der Waals surface area contributed by atoms with Crippen molar-refractivity contribution < 1.29 is 4.79 Å². The zero-order valence-electron chi connectivity index (χ0n) is 16.2. The maximum Gasteiger partial charge on any atom is 0.271 e. The Labute approximate surface area is 161 Å². The lowest BCUT2D eigenvalue weighted by Crippen LogP contribution is -2.21. The number of benzene rings is 2. The van der Waals surface area contributed by atoms with Gasteiger partial charge in [0, 0.05) is 43.1 Å². The van der Waals surface area contributed by atoms with Gasteiger partial charge < -0.3 is 9.80 Å². The Balaban J connectivity index is 1.55. The number of hydrazone groups is 1. The SMILES string of the molecule is CCN(CC)c1ccc(/C=N\NC(=O)c2ccc(N3CCCC3)cc2)cc1. The molecule has 0 aliphatic carbocycles. The van der Waals surface area contributed by atoms with Crippen LogP contribution in [-0.2, 0) is 0 Å². The Bertz CT molecular complexity index is 758. The van der Waals surface area contributed by atoms with Gasteiger partial charge in [-0.05, 0) is 68.7 Å². The van der Waals surface area contributed by atoms with E-state index in [2.05, 4.69) is 46.3 Å². The standard InChI is InChI=1S/C22H28N4O/c1-3-25(4-2)20-11-7-18(8-12-20)17-23-24-22(27)19-9-13-21(14-10-19)26-15-5-6-16-26/h7-14,17H,3-6,15-16H2,1-2H3,(H,24,27)/b23-17-. The quantitative estimate of drug-likeness (QED) is 0.599. The van der Waals surface area contributed by atoms with Crippen molar-refractivity contribution in [3.63, 3.8) is 0 Å². The van der Waals surface area contributed by atoms with Crippen LogP contribution < -0.4 is 15.2 Å². The molecular formula is C22H28N4O. The number of carbonyl (C=O) groups excluding carboxylic acids is 1. The molecule has 2 aromatic rings. The molecule has 1 amide bonds. The second-order valence-electron chi connectivity index (χ2n) is 6.70. The molecule has 5 heteroatoms. The Morgan fingerprint density at radius 2 is 1.67 bits per heavy atom. The maximum absolute atomic E-state index is 12.2. The van der Waals surface area contributed by atoms with Gasteiger partial charge in [-0.1, -0.05) is 12.1 Å². The molecule has 0 spiro atoms. The number of rotatable bonds is 7. The van der Waals surface area contributed by atoms with Crippen LogP contribution in [0.15, 0.2) is 53.6 Å². The van der Waals surface area contributed by atoms with E-state index in [1.165, 1.54) is 24.2 Å². The van der Waals surface area contributed by atoms with Crippen LogP contribution in [0.4, 0.5) is 11.4 Å². The first-order valence-electron chi connectivity index (χ1n) is 9.74. The number of nitrogens with zero attached hydrogens (tertiary/aromatic N) is 3. The minimum Gasteiger partial charge on any atom is -0.372 e. The van der Waals surface area contributed by atoms with Gasteiger partial charge in [0.15, 0.2) is 0 Å². The molecule has 1 N–H and O–H groups in total. The number of anilines is 2. The van der Waals surface area contributed by atoms with Crippen molar-refractivity contribution in [2.75, 3.05) is 36.0 Å². The maximum atomic E-state index is 12.2. The van der Waals surface area contributed by atoms with Crippen LogP contribution in [0.2, 0.25) is 0 Å². The molecule has 1 saturated heterocycles. The fourth-order valence-electron chi connectivity index (χ4n) is 3.39. The van der Waals surface area contributed by atoms with Crippen molar-refractivity contribution in [3.8, 4) is 0 Å². The summed E-state index contributed by atoms with van der Waals surface area (Å²) in [5.41, 5.74) is 6.55. The fraction of sp³-hybridized carbons (Fsp3) is 0.364. The average molecular weight is 364 g/mol. The van der Waals surface area contributed by atoms with E-state index in [-0.39, 0.29) is 5.91 Å². The summed E-state index contributed by atoms with van der Waals surface area (Å²) in [6, 6.07) is 15.9. The summed E-state index contributed by atoms with van der Waals surface area (Å²) in [5, 5.41) is 4.08. The average Bonchev–Trinajstić information content (AvgIpc) is 3.25. The predicted molar refractivity (Wildman–Crippen MR) is 113 cm³/mol. The van der Waals surface area contributed by atoms with Crippen molar-refractivity contribution in [3.05, 3.63) is 59.7 Å². The van der Waals surface area contributed by atoms with Crippen LogP contribution in [0.5, 0.6) is 0 Å². The predicted octanol–water partition coefficient (Wildman–Crippen LogP) is 3.90. The highest BCUT2D eigenvalue weighted by Gasteiger charge is 2.12. The monoisotopic (exact) mass is 364 g/mol. The molecule has 1 fully saturated rings. The van der Waals surface area contributed by atoms with Crippen molar-refractivity contribution in [1.29, 1.82) is 0 Å². The molecule has 142 valence electrons. The van der Waals surface area contributed by atoms with Gasteiger partial charge >= 0.3 is 0 Å². The van der Waals surface area contributed by atoms with Gasteiger partial charge in [-0.2, -0.15) is 5.10 Å². The first-order valence-corrected chi connectivity index (χ1v) is 9.74. The third-order valence-corrected chi connectivity index (χ3v) is 5.00. The number of hydrogen-bond acceptors (Lipinski definition) is 4. The summed E-state index contributed by atoms with van der Waals surface area (Å²) in [5.74, 6) is -0.195. The first-order chi connectivity index (χ1) is 13.2. The van der Waals surface area contributed by atoms with Gasteiger partial charge in [-0.25, -0.2) is 5.43 Å². The molecule has 0 aromatic heterocycles. The summed E-state index contributed by atoms with van der Waals surface area (Å²) >= 11 is 0. The summed E-state index contributed by atoms with van der Waals surface area (Å²) in [4.78, 5) is 16.9. The van der Waals surface area contributed by atoms with E-state index in [0.29, 0.717) is 5.56 Å². The molecule has 1 aliphatic rings. The fourth-order valence-corrected chi connectivity index (χ4v) is 3.39. The molecule has 0 radical (unpaired) electrons. The minimum absolute atomic E-state index is 0.195. The Hall–Kier alpha value is -2.82. The summed E-state index contributed by atoms with van der Waals surface area (Å²) < 4.78 is 0. The van der Waals surface area contributed by atoms with Gasteiger partial charge in [0.05, 0.1) is 6.21 Å². The van der Waals surface area contributed by atoms with Gasteiger partial charge in [-0.3, -0.25) is 4.79 Å². The van der Waals surface area contributed by atoms with E-state index < -0.39 is 0 Å². The summed E-state index contributed by atoms with van der Waals surface area (Å²) in [7, 11) is 0. The van der Waals surface area contributed by atoms with Crippen molar-refractivity contribution in [1.82, 2.24) is 5.43 Å². The van der Waals surface area contributed by atoms with Crippen LogP contribution in [0.25, 0.3) is 0 Å². The first kappa shape index (κ1) is 19.0. The zero-order chi connectivity index (χ0) is 19.1. The number of hydrogen-bond donors (Lipinski definition) is 1. The molecule has 0 unspecified atom stereocenters. The van der Waals surface area contributed by atoms with Crippen molar-refractivity contribution in [2.45, 2.75) is 26.7 Å². The molecule has 5 nitrogen and oxygen atoms in total. The van der Waals surface area contributed by atoms with Gasteiger partial charge in [0.25, 0.3) is 5.91 Å². The topological polar surface area (TPSA) is 47.9 Å². The van der Waals surface area contributed by atoms with E-state index in [1.807, 2.05) is 36.4 Å². The smallest absolute Gasteiger partial charge is 0.271 e. The van der Waals surface area contributed by atoms with E-state index in [1.54, 1.807) is 6.21 Å². The van der Waals surface area contributed by atoms with Crippen molar-refractivity contribution in [2.24, 2.45) is 5.10 Å².